The first kappa shape index (κ1) is 15.0. The quantitative estimate of drug-likeness (QED) is 0.774. The summed E-state index contributed by atoms with van der Waals surface area (Å²) >= 11 is 5.84. The number of Topliss-reactive ketones (excluding diaryl/α,β-unsaturated/α-hetero) is 1. The maximum Gasteiger partial charge on any atom is 0.179 e. The Morgan fingerprint density at radius 1 is 1.28 bits per heavy atom. The van der Waals surface area contributed by atoms with E-state index in [2.05, 4.69) is 0 Å². The zero-order valence-corrected chi connectivity index (χ0v) is 12.5. The number of carbonyl (C=O) groups is 1. The van der Waals surface area contributed by atoms with Gasteiger partial charge in [0, 0.05) is 5.41 Å². The summed E-state index contributed by atoms with van der Waals surface area (Å²) in [6.07, 6.45) is -0.589. The summed E-state index contributed by atoms with van der Waals surface area (Å²) in [6, 6.07) is 5.79. The van der Waals surface area contributed by atoms with Gasteiger partial charge in [0.15, 0.2) is 11.9 Å². The van der Waals surface area contributed by atoms with E-state index in [4.69, 9.17) is 16.3 Å². The van der Waals surface area contributed by atoms with Gasteiger partial charge in [-0.05, 0) is 37.1 Å². The molecule has 0 N–H and O–H groups in total. The van der Waals surface area contributed by atoms with Crippen LogP contribution in [0.3, 0.4) is 0 Å². The third kappa shape index (κ3) is 3.74. The molecule has 0 aromatic heterocycles. The number of rotatable bonds is 4. The van der Waals surface area contributed by atoms with Crippen LogP contribution in [-0.4, -0.2) is 17.8 Å². The van der Waals surface area contributed by atoms with E-state index in [1.807, 2.05) is 52.8 Å². The smallest absolute Gasteiger partial charge is 0.179 e. The molecule has 1 aromatic carbocycles. The number of hydrogen-bond acceptors (Lipinski definition) is 2. The minimum Gasteiger partial charge on any atom is -0.481 e. The fourth-order valence-electron chi connectivity index (χ4n) is 1.59. The van der Waals surface area contributed by atoms with E-state index in [0.717, 1.165) is 5.56 Å². The second kappa shape index (κ2) is 5.75. The molecule has 100 valence electrons. The van der Waals surface area contributed by atoms with Crippen molar-refractivity contribution in [1.29, 1.82) is 0 Å². The molecule has 0 amide bonds. The van der Waals surface area contributed by atoms with Crippen molar-refractivity contribution in [2.75, 3.05) is 5.88 Å². The molecule has 2 nitrogen and oxygen atoms in total. The highest BCUT2D eigenvalue weighted by Gasteiger charge is 2.30. The van der Waals surface area contributed by atoms with Crippen molar-refractivity contribution in [2.45, 2.75) is 40.7 Å². The van der Waals surface area contributed by atoms with Crippen LogP contribution in [0.15, 0.2) is 18.2 Å². The van der Waals surface area contributed by atoms with E-state index in [1.54, 1.807) is 0 Å². The highest BCUT2D eigenvalue weighted by Crippen LogP contribution is 2.23. The Morgan fingerprint density at radius 2 is 1.89 bits per heavy atom. The van der Waals surface area contributed by atoms with Crippen LogP contribution in [0.2, 0.25) is 0 Å². The third-order valence-electron chi connectivity index (χ3n) is 2.93. The molecule has 0 saturated heterocycles. The summed E-state index contributed by atoms with van der Waals surface area (Å²) in [7, 11) is 0. The van der Waals surface area contributed by atoms with E-state index >= 15 is 0 Å². The Labute approximate surface area is 114 Å². The number of hydrogen-bond donors (Lipinski definition) is 0. The molecule has 0 aliphatic heterocycles. The van der Waals surface area contributed by atoms with E-state index in [9.17, 15) is 4.79 Å². The molecule has 1 aromatic rings. The minimum absolute atomic E-state index is 0.0238. The van der Waals surface area contributed by atoms with Gasteiger partial charge in [-0.2, -0.15) is 0 Å². The second-order valence-corrected chi connectivity index (χ2v) is 5.93. The molecule has 0 spiro atoms. The number of ether oxygens (including phenoxy) is 1. The van der Waals surface area contributed by atoms with Gasteiger partial charge in [-0.25, -0.2) is 0 Å². The van der Waals surface area contributed by atoms with Gasteiger partial charge in [-0.15, -0.1) is 11.6 Å². The zero-order chi connectivity index (χ0) is 13.9. The van der Waals surface area contributed by atoms with Crippen LogP contribution in [0.5, 0.6) is 5.75 Å². The molecule has 0 saturated carbocycles. The van der Waals surface area contributed by atoms with E-state index in [1.165, 1.54) is 5.56 Å². The molecule has 0 bridgehead atoms. The van der Waals surface area contributed by atoms with Crippen LogP contribution in [0, 0.1) is 19.3 Å². The zero-order valence-electron chi connectivity index (χ0n) is 11.7. The van der Waals surface area contributed by atoms with Crippen LogP contribution in [0.1, 0.15) is 31.9 Å². The molecule has 3 heteroatoms. The SMILES string of the molecule is Cc1ccc(OC(CCl)C(=O)C(C)(C)C)cc1C. The van der Waals surface area contributed by atoms with Crippen molar-refractivity contribution in [3.63, 3.8) is 0 Å². The molecule has 0 heterocycles. The summed E-state index contributed by atoms with van der Waals surface area (Å²) in [4.78, 5) is 12.1. The molecule has 0 radical (unpaired) electrons. The summed E-state index contributed by atoms with van der Waals surface area (Å²) < 4.78 is 5.71. The first-order chi connectivity index (χ1) is 8.25. The maximum atomic E-state index is 12.1. The van der Waals surface area contributed by atoms with Crippen molar-refractivity contribution in [1.82, 2.24) is 0 Å². The van der Waals surface area contributed by atoms with Gasteiger partial charge in [0.25, 0.3) is 0 Å². The molecule has 18 heavy (non-hydrogen) atoms. The molecular weight excluding hydrogens is 248 g/mol. The standard InChI is InChI=1S/C15H21ClO2/c1-10-6-7-12(8-11(10)2)18-13(9-16)14(17)15(3,4)5/h6-8,13H,9H2,1-5H3. The second-order valence-electron chi connectivity index (χ2n) is 5.62. The molecule has 1 unspecified atom stereocenters. The molecular formula is C15H21ClO2. The van der Waals surface area contributed by atoms with Crippen LogP contribution in [0.25, 0.3) is 0 Å². The van der Waals surface area contributed by atoms with Crippen LogP contribution >= 0.6 is 11.6 Å². The highest BCUT2D eigenvalue weighted by atomic mass is 35.5. The van der Waals surface area contributed by atoms with Gasteiger partial charge in [0.2, 0.25) is 0 Å². The van der Waals surface area contributed by atoms with Gasteiger partial charge in [-0.1, -0.05) is 26.8 Å². The van der Waals surface area contributed by atoms with Crippen molar-refractivity contribution in [2.24, 2.45) is 5.41 Å². The first-order valence-electron chi connectivity index (χ1n) is 6.10. The number of carbonyl (C=O) groups excluding carboxylic acids is 1. The average Bonchev–Trinajstić information content (AvgIpc) is 2.28. The normalized spacial score (nSPS) is 13.2. The molecule has 0 aliphatic rings. The lowest BCUT2D eigenvalue weighted by Crippen LogP contribution is -2.37. The Balaban J connectivity index is 2.86. The van der Waals surface area contributed by atoms with Crippen molar-refractivity contribution in [3.8, 4) is 5.75 Å². The monoisotopic (exact) mass is 268 g/mol. The lowest BCUT2D eigenvalue weighted by atomic mass is 9.88. The fourth-order valence-corrected chi connectivity index (χ4v) is 1.79. The van der Waals surface area contributed by atoms with E-state index in [0.29, 0.717) is 5.75 Å². The van der Waals surface area contributed by atoms with Crippen LogP contribution < -0.4 is 4.74 Å². The molecule has 1 atom stereocenters. The number of ketones is 1. The van der Waals surface area contributed by atoms with Crippen LogP contribution in [-0.2, 0) is 4.79 Å². The van der Waals surface area contributed by atoms with Crippen LogP contribution in [0.4, 0.5) is 0 Å². The Bertz CT molecular complexity index is 433. The third-order valence-corrected chi connectivity index (χ3v) is 3.21. The maximum absolute atomic E-state index is 12.1. The summed E-state index contributed by atoms with van der Waals surface area (Å²) in [6.45, 7) is 9.68. The fraction of sp³-hybridized carbons (Fsp3) is 0.533. The number of alkyl halides is 1. The van der Waals surface area contributed by atoms with Gasteiger partial charge < -0.3 is 4.74 Å². The number of halogens is 1. The first-order valence-corrected chi connectivity index (χ1v) is 6.63. The number of aryl methyl sites for hydroxylation is 2. The summed E-state index contributed by atoms with van der Waals surface area (Å²) in [5, 5.41) is 0. The van der Waals surface area contributed by atoms with E-state index in [-0.39, 0.29) is 11.7 Å². The number of benzene rings is 1. The van der Waals surface area contributed by atoms with Gasteiger partial charge >= 0.3 is 0 Å². The molecule has 0 fully saturated rings. The van der Waals surface area contributed by atoms with Gasteiger partial charge in [0.1, 0.15) is 5.75 Å². The Morgan fingerprint density at radius 3 is 2.33 bits per heavy atom. The van der Waals surface area contributed by atoms with E-state index < -0.39 is 11.5 Å². The molecule has 0 aliphatic carbocycles. The minimum atomic E-state index is -0.589. The predicted octanol–water partition coefficient (Wildman–Crippen LogP) is 3.90. The summed E-state index contributed by atoms with van der Waals surface area (Å²) in [5.74, 6) is 0.889. The largest absolute Gasteiger partial charge is 0.481 e. The highest BCUT2D eigenvalue weighted by molar-refractivity contribution is 6.20. The lowest BCUT2D eigenvalue weighted by Gasteiger charge is -2.24. The lowest BCUT2D eigenvalue weighted by molar-refractivity contribution is -0.132. The van der Waals surface area contributed by atoms with Crippen molar-refractivity contribution in [3.05, 3.63) is 29.3 Å². The topological polar surface area (TPSA) is 26.3 Å². The molecule has 1 rings (SSSR count). The van der Waals surface area contributed by atoms with Crippen molar-refractivity contribution < 1.29 is 9.53 Å². The van der Waals surface area contributed by atoms with Gasteiger partial charge in [-0.3, -0.25) is 4.79 Å². The van der Waals surface area contributed by atoms with Gasteiger partial charge in [0.05, 0.1) is 5.88 Å². The Kier molecular flexibility index (Phi) is 4.80. The summed E-state index contributed by atoms with van der Waals surface area (Å²) in [5.41, 5.74) is 1.90. The average molecular weight is 269 g/mol. The predicted molar refractivity (Wildman–Crippen MR) is 75.5 cm³/mol. The van der Waals surface area contributed by atoms with Crippen molar-refractivity contribution >= 4 is 17.4 Å². The Hall–Kier alpha value is -1.02.